The van der Waals surface area contributed by atoms with Crippen LogP contribution in [-0.4, -0.2) is 9.97 Å². The lowest BCUT2D eigenvalue weighted by Gasteiger charge is -2.13. The predicted octanol–water partition coefficient (Wildman–Crippen LogP) is 14.0. The van der Waals surface area contributed by atoms with E-state index in [0.29, 0.717) is 11.8 Å². The van der Waals surface area contributed by atoms with Crippen LogP contribution in [0.2, 0.25) is 0 Å². The van der Waals surface area contributed by atoms with Gasteiger partial charge in [-0.25, -0.2) is 9.97 Å². The molecule has 0 atom stereocenters. The molecule has 0 unspecified atom stereocenters. The Morgan fingerprint density at radius 1 is 0.352 bits per heavy atom. The second kappa shape index (κ2) is 9.88. The third-order valence-corrected chi connectivity index (χ3v) is 11.8. The summed E-state index contributed by atoms with van der Waals surface area (Å²) < 4.78 is 13.5. The number of fused-ring (bicyclic) bond motifs is 11. The Balaban J connectivity index is 1.34. The Bertz CT molecular complexity index is 3680. The second-order valence-electron chi connectivity index (χ2n) is 15.0. The average molecular weight is 689 g/mol. The summed E-state index contributed by atoms with van der Waals surface area (Å²) in [4.78, 5) is 10.4. The Morgan fingerprint density at radius 3 is 1.48 bits per heavy atom. The summed E-state index contributed by atoms with van der Waals surface area (Å²) in [5, 5.41) is 19.2. The van der Waals surface area contributed by atoms with Gasteiger partial charge in [0.25, 0.3) is 0 Å². The molecule has 54 heavy (non-hydrogen) atoms. The number of rotatable bonds is 2. The summed E-state index contributed by atoms with van der Waals surface area (Å²) in [5.41, 5.74) is 7.60. The van der Waals surface area contributed by atoms with E-state index in [4.69, 9.17) is 18.8 Å². The highest BCUT2D eigenvalue weighted by Gasteiger charge is 2.29. The van der Waals surface area contributed by atoms with Crippen LogP contribution in [0.25, 0.3) is 131 Å². The summed E-state index contributed by atoms with van der Waals surface area (Å²) in [7, 11) is 0. The van der Waals surface area contributed by atoms with Crippen LogP contribution in [-0.2, 0) is 0 Å². The predicted molar refractivity (Wildman–Crippen MR) is 224 cm³/mol. The van der Waals surface area contributed by atoms with Gasteiger partial charge in [0.15, 0.2) is 11.2 Å². The van der Waals surface area contributed by atoms with Gasteiger partial charge in [0, 0.05) is 10.8 Å². The lowest BCUT2D eigenvalue weighted by molar-refractivity contribution is 0.620. The van der Waals surface area contributed by atoms with Crippen molar-refractivity contribution in [1.82, 2.24) is 9.97 Å². The van der Waals surface area contributed by atoms with Crippen molar-refractivity contribution in [2.45, 2.75) is 13.8 Å². The molecule has 0 bridgehead atoms. The van der Waals surface area contributed by atoms with Crippen LogP contribution in [0, 0.1) is 13.8 Å². The third kappa shape index (κ3) is 3.57. The van der Waals surface area contributed by atoms with Gasteiger partial charge in [0.1, 0.15) is 11.0 Å². The molecule has 4 nitrogen and oxygen atoms in total. The van der Waals surface area contributed by atoms with E-state index in [9.17, 15) is 0 Å². The molecule has 0 aliphatic rings. The van der Waals surface area contributed by atoms with Crippen LogP contribution in [0.4, 0.5) is 0 Å². The molecule has 250 valence electrons. The Kier molecular flexibility index (Phi) is 5.22. The van der Waals surface area contributed by atoms with E-state index in [0.717, 1.165) is 54.9 Å². The molecule has 13 aromatic rings. The van der Waals surface area contributed by atoms with Crippen molar-refractivity contribution < 1.29 is 8.83 Å². The highest BCUT2D eigenvalue weighted by molar-refractivity contribution is 6.42. The minimum Gasteiger partial charge on any atom is -0.436 e. The van der Waals surface area contributed by atoms with E-state index in [1.165, 1.54) is 75.8 Å². The van der Waals surface area contributed by atoms with E-state index >= 15 is 0 Å². The first-order valence-electron chi connectivity index (χ1n) is 18.5. The number of aromatic nitrogens is 2. The SMILES string of the molecule is Cc1cc2cc(C)cc3c4c(-c5nc6ccccc6o5)c5cc6c(cc5c(-c5nc7ccccc7o5)c4c(c1)c23)c1cccc2c3ccccc3cc6c21. The number of hydrogen-bond donors (Lipinski definition) is 0. The van der Waals surface area contributed by atoms with Gasteiger partial charge in [-0.3, -0.25) is 0 Å². The maximum Gasteiger partial charge on any atom is 0.228 e. The van der Waals surface area contributed by atoms with Crippen molar-refractivity contribution in [2.75, 3.05) is 0 Å². The zero-order chi connectivity index (χ0) is 35.4. The van der Waals surface area contributed by atoms with E-state index in [1.54, 1.807) is 0 Å². The first-order valence-corrected chi connectivity index (χ1v) is 18.5. The highest BCUT2D eigenvalue weighted by Crippen LogP contribution is 2.54. The van der Waals surface area contributed by atoms with Crippen molar-refractivity contribution >= 4 is 108 Å². The number of hydrogen-bond acceptors (Lipinski definition) is 4. The van der Waals surface area contributed by atoms with E-state index in [-0.39, 0.29) is 0 Å². The molecular weight excluding hydrogens is 661 g/mol. The number of benzene rings is 9. The normalized spacial score (nSPS) is 12.6. The number of oxazole rings is 2. The minimum atomic E-state index is 0.611. The second-order valence-corrected chi connectivity index (χ2v) is 15.0. The zero-order valence-corrected chi connectivity index (χ0v) is 29.4. The molecule has 4 heteroatoms. The standard InChI is InChI=1S/C50H28N2O2/c1-25-18-28-19-26(2)21-38-43(28)37(20-25)45-46(38)48(50-52-40-15-6-8-17-42(40)54-50)36-24-33-32(23-35(36)47(45)49-51-39-14-5-7-16-41(39)53-49)31-13-9-12-30-29-11-4-3-10-27(29)22-34(33)44(30)31/h3-24H,1-2H3. The summed E-state index contributed by atoms with van der Waals surface area (Å²) in [6.07, 6.45) is 0. The molecule has 0 spiro atoms. The summed E-state index contributed by atoms with van der Waals surface area (Å²) in [6.45, 7) is 4.37. The van der Waals surface area contributed by atoms with Crippen molar-refractivity contribution in [3.05, 3.63) is 145 Å². The zero-order valence-electron chi connectivity index (χ0n) is 29.4. The van der Waals surface area contributed by atoms with E-state index in [2.05, 4.69) is 98.8 Å². The van der Waals surface area contributed by atoms with Crippen molar-refractivity contribution in [3.8, 4) is 22.9 Å². The largest absolute Gasteiger partial charge is 0.436 e. The lowest BCUT2D eigenvalue weighted by Crippen LogP contribution is -1.90. The van der Waals surface area contributed by atoms with Crippen molar-refractivity contribution in [1.29, 1.82) is 0 Å². The molecule has 0 aliphatic carbocycles. The highest BCUT2D eigenvalue weighted by atomic mass is 16.4. The number of nitrogens with zero attached hydrogens (tertiary/aromatic N) is 2. The van der Waals surface area contributed by atoms with Crippen LogP contribution in [0.5, 0.6) is 0 Å². The Hall–Kier alpha value is -7.04. The van der Waals surface area contributed by atoms with Crippen LogP contribution in [0.15, 0.2) is 142 Å². The van der Waals surface area contributed by atoms with Gasteiger partial charge in [-0.2, -0.15) is 0 Å². The molecule has 0 radical (unpaired) electrons. The molecule has 2 aromatic heterocycles. The van der Waals surface area contributed by atoms with Gasteiger partial charge in [-0.15, -0.1) is 0 Å². The summed E-state index contributed by atoms with van der Waals surface area (Å²) in [6, 6.07) is 48.0. The molecule has 0 aliphatic heterocycles. The fraction of sp³-hybridized carbons (Fsp3) is 0.0400. The van der Waals surface area contributed by atoms with Gasteiger partial charge in [-0.1, -0.05) is 91.0 Å². The number of aryl methyl sites for hydroxylation is 2. The van der Waals surface area contributed by atoms with E-state index in [1.807, 2.05) is 48.5 Å². The molecule has 0 saturated carbocycles. The quantitative estimate of drug-likeness (QED) is 0.170. The van der Waals surface area contributed by atoms with Gasteiger partial charge >= 0.3 is 0 Å². The number of para-hydroxylation sites is 4. The molecule has 2 heterocycles. The molecule has 0 amide bonds. The van der Waals surface area contributed by atoms with Crippen LogP contribution < -0.4 is 0 Å². The Labute approximate surface area is 307 Å². The van der Waals surface area contributed by atoms with Crippen molar-refractivity contribution in [2.24, 2.45) is 0 Å². The van der Waals surface area contributed by atoms with Crippen LogP contribution in [0.3, 0.4) is 0 Å². The fourth-order valence-electron chi connectivity index (χ4n) is 9.73. The summed E-state index contributed by atoms with van der Waals surface area (Å²) >= 11 is 0. The summed E-state index contributed by atoms with van der Waals surface area (Å²) in [5.74, 6) is 1.22. The first kappa shape index (κ1) is 28.5. The fourth-order valence-corrected chi connectivity index (χ4v) is 9.73. The molecule has 13 rings (SSSR count). The Morgan fingerprint density at radius 2 is 0.870 bits per heavy atom. The topological polar surface area (TPSA) is 52.1 Å². The third-order valence-electron chi connectivity index (χ3n) is 11.8. The van der Waals surface area contributed by atoms with Gasteiger partial charge in [0.2, 0.25) is 11.8 Å². The minimum absolute atomic E-state index is 0.611. The molecule has 11 aromatic carbocycles. The molecular formula is C50H28N2O2. The lowest BCUT2D eigenvalue weighted by atomic mass is 9.90. The maximum absolute atomic E-state index is 6.78. The van der Waals surface area contributed by atoms with Crippen LogP contribution >= 0.6 is 0 Å². The monoisotopic (exact) mass is 688 g/mol. The van der Waals surface area contributed by atoms with Crippen LogP contribution in [0.1, 0.15) is 11.1 Å². The average Bonchev–Trinajstić information content (AvgIpc) is 3.96. The van der Waals surface area contributed by atoms with Gasteiger partial charge in [-0.05, 0) is 143 Å². The smallest absolute Gasteiger partial charge is 0.228 e. The molecule has 0 fully saturated rings. The maximum atomic E-state index is 6.78. The van der Waals surface area contributed by atoms with E-state index < -0.39 is 0 Å². The van der Waals surface area contributed by atoms with Crippen molar-refractivity contribution in [3.63, 3.8) is 0 Å². The first-order chi connectivity index (χ1) is 26.6. The molecule has 0 saturated heterocycles. The van der Waals surface area contributed by atoms with Gasteiger partial charge < -0.3 is 8.83 Å². The van der Waals surface area contributed by atoms with Gasteiger partial charge in [0.05, 0.1) is 11.1 Å². The molecule has 0 N–H and O–H groups in total.